The van der Waals surface area contributed by atoms with E-state index >= 15 is 0 Å². The molecular formula is C11H18N2. The Labute approximate surface area is 80.5 Å². The molecule has 0 aliphatic carbocycles. The normalized spacial score (nSPS) is 9.46. The maximum absolute atomic E-state index is 5.13. The third-order valence-corrected chi connectivity index (χ3v) is 1.63. The van der Waals surface area contributed by atoms with Crippen LogP contribution in [0.4, 0.5) is 0 Å². The summed E-state index contributed by atoms with van der Waals surface area (Å²) in [6.07, 6.45) is 1.34. The summed E-state index contributed by atoms with van der Waals surface area (Å²) in [6, 6.07) is 8.16. The van der Waals surface area contributed by atoms with Crippen molar-refractivity contribution in [1.29, 1.82) is 0 Å². The monoisotopic (exact) mass is 178 g/mol. The van der Waals surface area contributed by atoms with Gasteiger partial charge in [-0.25, -0.2) is 0 Å². The SMILES string of the molecule is CC.Cc1ccccc1CN=CN. The van der Waals surface area contributed by atoms with Crippen LogP contribution in [-0.2, 0) is 6.54 Å². The number of aryl methyl sites for hydroxylation is 1. The van der Waals surface area contributed by atoms with Gasteiger partial charge in [0.05, 0.1) is 12.9 Å². The number of benzene rings is 1. The summed E-state index contributed by atoms with van der Waals surface area (Å²) in [4.78, 5) is 3.96. The Morgan fingerprint density at radius 2 is 1.92 bits per heavy atom. The zero-order chi connectivity index (χ0) is 10.1. The van der Waals surface area contributed by atoms with Crippen LogP contribution >= 0.6 is 0 Å². The standard InChI is InChI=1S/C9H12N2.C2H6/c1-8-4-2-3-5-9(8)6-11-7-10;1-2/h2-5,7H,6H2,1H3,(H2,10,11);1-2H3. The van der Waals surface area contributed by atoms with Crippen molar-refractivity contribution in [1.82, 2.24) is 0 Å². The quantitative estimate of drug-likeness (QED) is 0.548. The van der Waals surface area contributed by atoms with Gasteiger partial charge in [0.1, 0.15) is 0 Å². The first kappa shape index (κ1) is 11.7. The highest BCUT2D eigenvalue weighted by atomic mass is 14.8. The predicted molar refractivity (Wildman–Crippen MR) is 58.9 cm³/mol. The number of nitrogens with zero attached hydrogens (tertiary/aromatic N) is 1. The number of nitrogens with two attached hydrogens (primary N) is 1. The van der Waals surface area contributed by atoms with Gasteiger partial charge in [-0.05, 0) is 18.1 Å². The Kier molecular flexibility index (Phi) is 6.60. The van der Waals surface area contributed by atoms with Crippen LogP contribution in [0, 0.1) is 6.92 Å². The van der Waals surface area contributed by atoms with Gasteiger partial charge in [-0.15, -0.1) is 0 Å². The minimum atomic E-state index is 0.684. The van der Waals surface area contributed by atoms with E-state index in [4.69, 9.17) is 5.73 Å². The zero-order valence-electron chi connectivity index (χ0n) is 8.62. The van der Waals surface area contributed by atoms with Crippen LogP contribution in [0.1, 0.15) is 25.0 Å². The lowest BCUT2D eigenvalue weighted by Gasteiger charge is -1.99. The van der Waals surface area contributed by atoms with Crippen LogP contribution < -0.4 is 5.73 Å². The van der Waals surface area contributed by atoms with E-state index in [0.29, 0.717) is 6.54 Å². The molecule has 0 spiro atoms. The predicted octanol–water partition coefficient (Wildman–Crippen LogP) is 2.51. The molecule has 2 heteroatoms. The number of hydrogen-bond donors (Lipinski definition) is 1. The van der Waals surface area contributed by atoms with Gasteiger partial charge in [0.15, 0.2) is 0 Å². The van der Waals surface area contributed by atoms with Crippen molar-refractivity contribution in [2.45, 2.75) is 27.3 Å². The molecule has 0 aliphatic rings. The Morgan fingerprint density at radius 3 is 2.46 bits per heavy atom. The van der Waals surface area contributed by atoms with E-state index in [1.165, 1.54) is 17.5 Å². The molecule has 0 radical (unpaired) electrons. The summed E-state index contributed by atoms with van der Waals surface area (Å²) in [5.74, 6) is 0. The van der Waals surface area contributed by atoms with Crippen LogP contribution in [-0.4, -0.2) is 6.34 Å². The van der Waals surface area contributed by atoms with Crippen molar-refractivity contribution >= 4 is 6.34 Å². The van der Waals surface area contributed by atoms with Crippen molar-refractivity contribution < 1.29 is 0 Å². The first-order valence-corrected chi connectivity index (χ1v) is 4.59. The summed E-state index contributed by atoms with van der Waals surface area (Å²) in [5, 5.41) is 0. The zero-order valence-corrected chi connectivity index (χ0v) is 8.62. The second-order valence-corrected chi connectivity index (χ2v) is 2.42. The molecule has 1 rings (SSSR count). The van der Waals surface area contributed by atoms with E-state index in [1.54, 1.807) is 0 Å². The van der Waals surface area contributed by atoms with Gasteiger partial charge < -0.3 is 5.73 Å². The van der Waals surface area contributed by atoms with Crippen molar-refractivity contribution in [3.63, 3.8) is 0 Å². The average molecular weight is 178 g/mol. The topological polar surface area (TPSA) is 38.4 Å². The molecule has 0 atom stereocenters. The fourth-order valence-electron chi connectivity index (χ4n) is 0.939. The third kappa shape index (κ3) is 4.31. The van der Waals surface area contributed by atoms with E-state index < -0.39 is 0 Å². The average Bonchev–Trinajstić information content (AvgIpc) is 2.20. The molecule has 0 saturated heterocycles. The summed E-state index contributed by atoms with van der Waals surface area (Å²) >= 11 is 0. The first-order valence-electron chi connectivity index (χ1n) is 4.59. The van der Waals surface area contributed by atoms with E-state index in [1.807, 2.05) is 26.0 Å². The van der Waals surface area contributed by atoms with Crippen LogP contribution in [0.15, 0.2) is 29.3 Å². The molecule has 0 aromatic heterocycles. The number of aliphatic imine (C=N–C) groups is 1. The van der Waals surface area contributed by atoms with Crippen molar-refractivity contribution in [3.05, 3.63) is 35.4 Å². The largest absolute Gasteiger partial charge is 0.390 e. The van der Waals surface area contributed by atoms with Gasteiger partial charge in [0.2, 0.25) is 0 Å². The molecule has 72 valence electrons. The summed E-state index contributed by atoms with van der Waals surface area (Å²) < 4.78 is 0. The Hall–Kier alpha value is -1.31. The van der Waals surface area contributed by atoms with Gasteiger partial charge >= 0.3 is 0 Å². The molecule has 0 heterocycles. The lowest BCUT2D eigenvalue weighted by molar-refractivity contribution is 1.05. The van der Waals surface area contributed by atoms with Crippen molar-refractivity contribution in [2.75, 3.05) is 0 Å². The fraction of sp³-hybridized carbons (Fsp3) is 0.364. The molecule has 2 nitrogen and oxygen atoms in total. The highest BCUT2D eigenvalue weighted by Crippen LogP contribution is 2.07. The van der Waals surface area contributed by atoms with Gasteiger partial charge in [0.25, 0.3) is 0 Å². The highest BCUT2D eigenvalue weighted by molar-refractivity contribution is 5.51. The highest BCUT2D eigenvalue weighted by Gasteiger charge is 1.92. The van der Waals surface area contributed by atoms with E-state index in [9.17, 15) is 0 Å². The summed E-state index contributed by atoms with van der Waals surface area (Å²) in [6.45, 7) is 6.75. The molecule has 0 aliphatic heterocycles. The second-order valence-electron chi connectivity index (χ2n) is 2.42. The maximum Gasteiger partial charge on any atom is 0.0801 e. The van der Waals surface area contributed by atoms with E-state index in [-0.39, 0.29) is 0 Å². The smallest absolute Gasteiger partial charge is 0.0801 e. The van der Waals surface area contributed by atoms with Crippen molar-refractivity contribution in [2.24, 2.45) is 10.7 Å². The van der Waals surface area contributed by atoms with Gasteiger partial charge in [-0.1, -0.05) is 38.1 Å². The third-order valence-electron chi connectivity index (χ3n) is 1.63. The molecule has 13 heavy (non-hydrogen) atoms. The number of hydrogen-bond acceptors (Lipinski definition) is 1. The molecule has 1 aromatic rings. The molecule has 0 unspecified atom stereocenters. The van der Waals surface area contributed by atoms with Crippen LogP contribution in [0.3, 0.4) is 0 Å². The fourth-order valence-corrected chi connectivity index (χ4v) is 0.939. The molecule has 1 aromatic carbocycles. The minimum Gasteiger partial charge on any atom is -0.390 e. The van der Waals surface area contributed by atoms with E-state index in [0.717, 1.165) is 0 Å². The van der Waals surface area contributed by atoms with Crippen LogP contribution in [0.2, 0.25) is 0 Å². The minimum absolute atomic E-state index is 0.684. The molecule has 0 amide bonds. The Balaban J connectivity index is 0.000000671. The van der Waals surface area contributed by atoms with Crippen LogP contribution in [0.25, 0.3) is 0 Å². The molecule has 0 bridgehead atoms. The second kappa shape index (κ2) is 7.35. The lowest BCUT2D eigenvalue weighted by atomic mass is 10.1. The Bertz CT molecular complexity index is 254. The summed E-state index contributed by atoms with van der Waals surface area (Å²) in [5.41, 5.74) is 7.63. The lowest BCUT2D eigenvalue weighted by Crippen LogP contribution is -1.91. The molecule has 0 saturated carbocycles. The molecular weight excluding hydrogens is 160 g/mol. The van der Waals surface area contributed by atoms with Crippen LogP contribution in [0.5, 0.6) is 0 Å². The van der Waals surface area contributed by atoms with E-state index in [2.05, 4.69) is 24.0 Å². The van der Waals surface area contributed by atoms with Gasteiger partial charge in [0, 0.05) is 0 Å². The van der Waals surface area contributed by atoms with Crippen molar-refractivity contribution in [3.8, 4) is 0 Å². The Morgan fingerprint density at radius 1 is 1.31 bits per heavy atom. The maximum atomic E-state index is 5.13. The van der Waals surface area contributed by atoms with Gasteiger partial charge in [-0.2, -0.15) is 0 Å². The van der Waals surface area contributed by atoms with Gasteiger partial charge in [-0.3, -0.25) is 4.99 Å². The molecule has 0 fully saturated rings. The summed E-state index contributed by atoms with van der Waals surface area (Å²) in [7, 11) is 0. The molecule has 2 N–H and O–H groups in total. The first-order chi connectivity index (χ1) is 6.34. The number of rotatable bonds is 2.